The number of benzene rings is 1. The second-order valence-electron chi connectivity index (χ2n) is 3.52. The van der Waals surface area contributed by atoms with Crippen LogP contribution in [-0.2, 0) is 6.54 Å². The van der Waals surface area contributed by atoms with E-state index in [0.29, 0.717) is 10.6 Å². The van der Waals surface area contributed by atoms with E-state index < -0.39 is 0 Å². The zero-order valence-electron chi connectivity index (χ0n) is 8.70. The summed E-state index contributed by atoms with van der Waals surface area (Å²) < 4.78 is 1.70. The number of carbonyl (C=O) groups excluding carboxylic acids is 1. The van der Waals surface area contributed by atoms with Crippen LogP contribution in [0.1, 0.15) is 17.3 Å². The fourth-order valence-electron chi connectivity index (χ4n) is 1.80. The summed E-state index contributed by atoms with van der Waals surface area (Å²) in [5.41, 5.74) is 1.35. The number of nitrogens with zero attached hydrogens (tertiary/aromatic N) is 2. The van der Waals surface area contributed by atoms with Crippen molar-refractivity contribution < 1.29 is 4.79 Å². The Labute approximate surface area is 97.8 Å². The van der Waals surface area contributed by atoms with E-state index in [-0.39, 0.29) is 12.3 Å². The van der Waals surface area contributed by atoms with Crippen molar-refractivity contribution in [1.82, 2.24) is 4.57 Å². The third kappa shape index (κ3) is 1.58. The minimum atomic E-state index is -0.0241. The molecule has 0 fully saturated rings. The average molecular weight is 233 g/mol. The first-order chi connectivity index (χ1) is 7.65. The average Bonchev–Trinajstić information content (AvgIpc) is 2.59. The summed E-state index contributed by atoms with van der Waals surface area (Å²) in [6.07, 6.45) is 1.68. The van der Waals surface area contributed by atoms with Crippen molar-refractivity contribution in [3.63, 3.8) is 0 Å². The SMILES string of the molecule is CC(=O)c1cn(CC#N)c2c(Cl)cccc12. The van der Waals surface area contributed by atoms with Crippen molar-refractivity contribution in [2.45, 2.75) is 13.5 Å². The van der Waals surface area contributed by atoms with Crippen molar-refractivity contribution in [2.75, 3.05) is 0 Å². The molecule has 0 unspecified atom stereocenters. The predicted molar refractivity (Wildman–Crippen MR) is 62.6 cm³/mol. The number of Topliss-reactive ketones (excluding diaryl/α,β-unsaturated/α-hetero) is 1. The van der Waals surface area contributed by atoms with Crippen molar-refractivity contribution in [2.24, 2.45) is 0 Å². The number of hydrogen-bond donors (Lipinski definition) is 0. The number of hydrogen-bond acceptors (Lipinski definition) is 2. The third-order valence-corrected chi connectivity index (χ3v) is 2.77. The molecule has 1 aromatic carbocycles. The van der Waals surface area contributed by atoms with Crippen LogP contribution in [0, 0.1) is 11.3 Å². The van der Waals surface area contributed by atoms with E-state index in [1.807, 2.05) is 12.1 Å². The zero-order valence-corrected chi connectivity index (χ0v) is 9.45. The molecule has 0 radical (unpaired) electrons. The van der Waals surface area contributed by atoms with Gasteiger partial charge in [0.2, 0.25) is 0 Å². The van der Waals surface area contributed by atoms with Gasteiger partial charge in [0.15, 0.2) is 5.78 Å². The van der Waals surface area contributed by atoms with Gasteiger partial charge in [-0.25, -0.2) is 0 Å². The maximum Gasteiger partial charge on any atom is 0.161 e. The summed E-state index contributed by atoms with van der Waals surface area (Å²) in [6, 6.07) is 7.44. The van der Waals surface area contributed by atoms with Crippen LogP contribution in [0.15, 0.2) is 24.4 Å². The summed E-state index contributed by atoms with van der Waals surface area (Å²) in [6.45, 7) is 1.69. The van der Waals surface area contributed by atoms with Crippen LogP contribution in [0.25, 0.3) is 10.9 Å². The molecule has 0 N–H and O–H groups in total. The van der Waals surface area contributed by atoms with Crippen LogP contribution in [0.4, 0.5) is 0 Å². The molecule has 0 atom stereocenters. The van der Waals surface area contributed by atoms with E-state index in [1.165, 1.54) is 6.92 Å². The zero-order chi connectivity index (χ0) is 11.7. The molecule has 0 spiro atoms. The fraction of sp³-hybridized carbons (Fsp3) is 0.167. The van der Waals surface area contributed by atoms with E-state index >= 15 is 0 Å². The van der Waals surface area contributed by atoms with Gasteiger partial charge < -0.3 is 4.57 Å². The van der Waals surface area contributed by atoms with Crippen molar-refractivity contribution in [3.8, 4) is 6.07 Å². The first-order valence-electron chi connectivity index (χ1n) is 4.80. The van der Waals surface area contributed by atoms with Crippen LogP contribution in [0.2, 0.25) is 5.02 Å². The van der Waals surface area contributed by atoms with E-state index in [1.54, 1.807) is 22.9 Å². The molecule has 0 aliphatic rings. The smallest absolute Gasteiger partial charge is 0.161 e. The topological polar surface area (TPSA) is 45.8 Å². The van der Waals surface area contributed by atoms with Gasteiger partial charge in [0.25, 0.3) is 0 Å². The minimum Gasteiger partial charge on any atom is -0.332 e. The molecule has 4 heteroatoms. The van der Waals surface area contributed by atoms with Gasteiger partial charge in [0, 0.05) is 17.1 Å². The van der Waals surface area contributed by atoms with Crippen LogP contribution in [-0.4, -0.2) is 10.4 Å². The molecular formula is C12H9ClN2O. The summed E-state index contributed by atoms with van der Waals surface area (Å²) >= 11 is 6.07. The van der Waals surface area contributed by atoms with Crippen LogP contribution < -0.4 is 0 Å². The lowest BCUT2D eigenvalue weighted by Crippen LogP contribution is -1.93. The van der Waals surface area contributed by atoms with Gasteiger partial charge in [0.05, 0.1) is 16.6 Å². The molecule has 80 valence electrons. The molecule has 0 aliphatic carbocycles. The Morgan fingerprint density at radius 3 is 2.94 bits per heavy atom. The minimum absolute atomic E-state index is 0.0241. The molecule has 2 aromatic rings. The maximum atomic E-state index is 11.4. The molecule has 0 aliphatic heterocycles. The Hall–Kier alpha value is -1.79. The van der Waals surface area contributed by atoms with Crippen LogP contribution in [0.3, 0.4) is 0 Å². The molecule has 2 rings (SSSR count). The second-order valence-corrected chi connectivity index (χ2v) is 3.93. The number of halogens is 1. The number of rotatable bonds is 2. The van der Waals surface area contributed by atoms with Gasteiger partial charge in [0.1, 0.15) is 6.54 Å². The molecule has 1 aromatic heterocycles. The molecule has 1 heterocycles. The molecule has 16 heavy (non-hydrogen) atoms. The summed E-state index contributed by atoms with van der Waals surface area (Å²) in [5.74, 6) is -0.0241. The van der Waals surface area contributed by atoms with Gasteiger partial charge >= 0.3 is 0 Å². The van der Waals surface area contributed by atoms with E-state index in [4.69, 9.17) is 16.9 Å². The van der Waals surface area contributed by atoms with Gasteiger partial charge in [-0.1, -0.05) is 23.7 Å². The summed E-state index contributed by atoms with van der Waals surface area (Å²) in [7, 11) is 0. The van der Waals surface area contributed by atoms with E-state index in [2.05, 4.69) is 0 Å². The van der Waals surface area contributed by atoms with Crippen LogP contribution in [0.5, 0.6) is 0 Å². The van der Waals surface area contributed by atoms with Crippen molar-refractivity contribution in [3.05, 3.63) is 35.0 Å². The number of ketones is 1. The highest BCUT2D eigenvalue weighted by Gasteiger charge is 2.13. The lowest BCUT2D eigenvalue weighted by molar-refractivity contribution is 0.101. The Morgan fingerprint density at radius 2 is 2.31 bits per heavy atom. The fourth-order valence-corrected chi connectivity index (χ4v) is 2.08. The van der Waals surface area contributed by atoms with Crippen LogP contribution >= 0.6 is 11.6 Å². The third-order valence-electron chi connectivity index (χ3n) is 2.47. The molecular weight excluding hydrogens is 224 g/mol. The molecule has 0 amide bonds. The van der Waals surface area contributed by atoms with Crippen molar-refractivity contribution in [1.29, 1.82) is 5.26 Å². The standard InChI is InChI=1S/C12H9ClN2O/c1-8(16)10-7-15(6-5-14)12-9(10)3-2-4-11(12)13/h2-4,7H,6H2,1H3. The van der Waals surface area contributed by atoms with Gasteiger partial charge in [-0.15, -0.1) is 0 Å². The number of aromatic nitrogens is 1. The van der Waals surface area contributed by atoms with Gasteiger partial charge in [-0.2, -0.15) is 5.26 Å². The number of carbonyl (C=O) groups is 1. The Balaban J connectivity index is 2.83. The largest absolute Gasteiger partial charge is 0.332 e. The summed E-state index contributed by atoms with van der Waals surface area (Å²) in [5, 5.41) is 10.1. The maximum absolute atomic E-state index is 11.4. The van der Waals surface area contributed by atoms with Gasteiger partial charge in [-0.3, -0.25) is 4.79 Å². The monoisotopic (exact) mass is 232 g/mol. The second kappa shape index (κ2) is 3.99. The number of para-hydroxylation sites is 1. The van der Waals surface area contributed by atoms with Gasteiger partial charge in [-0.05, 0) is 13.0 Å². The predicted octanol–water partition coefficient (Wildman–Crippen LogP) is 3.02. The first kappa shape index (κ1) is 10.7. The Morgan fingerprint density at radius 1 is 1.56 bits per heavy atom. The lowest BCUT2D eigenvalue weighted by atomic mass is 10.1. The number of fused-ring (bicyclic) bond motifs is 1. The molecule has 3 nitrogen and oxygen atoms in total. The Kier molecular flexibility index (Phi) is 2.67. The Bertz CT molecular complexity index is 607. The molecule has 0 bridgehead atoms. The van der Waals surface area contributed by atoms with E-state index in [9.17, 15) is 4.79 Å². The summed E-state index contributed by atoms with van der Waals surface area (Å²) in [4.78, 5) is 11.4. The molecule has 0 saturated carbocycles. The van der Waals surface area contributed by atoms with E-state index in [0.717, 1.165) is 10.9 Å². The first-order valence-corrected chi connectivity index (χ1v) is 5.18. The lowest BCUT2D eigenvalue weighted by Gasteiger charge is -2.00. The highest BCUT2D eigenvalue weighted by atomic mass is 35.5. The normalized spacial score (nSPS) is 10.3. The highest BCUT2D eigenvalue weighted by Crippen LogP contribution is 2.28. The number of nitriles is 1. The van der Waals surface area contributed by atoms with Crippen molar-refractivity contribution >= 4 is 28.3 Å². The molecule has 0 saturated heterocycles. The highest BCUT2D eigenvalue weighted by molar-refractivity contribution is 6.35. The quantitative estimate of drug-likeness (QED) is 0.748.